The molecular weight excluding hydrogens is 591 g/mol. The van der Waals surface area contributed by atoms with Crippen LogP contribution in [0.5, 0.6) is 0 Å². The fraction of sp³-hybridized carbons (Fsp3) is 0. The van der Waals surface area contributed by atoms with E-state index in [-0.39, 0.29) is 0 Å². The number of thiophene rings is 1. The highest BCUT2D eigenvalue weighted by atomic mass is 32.1. The van der Waals surface area contributed by atoms with Gasteiger partial charge in [0.1, 0.15) is 0 Å². The van der Waals surface area contributed by atoms with E-state index in [0.717, 1.165) is 22.3 Å². The van der Waals surface area contributed by atoms with Crippen molar-refractivity contribution in [1.29, 1.82) is 0 Å². The van der Waals surface area contributed by atoms with Crippen LogP contribution in [0, 0.1) is 0 Å². The van der Waals surface area contributed by atoms with Gasteiger partial charge in [0.2, 0.25) is 0 Å². The molecule has 7 aromatic carbocycles. The number of nitrogens with zero attached hydrogens (tertiary/aromatic N) is 3. The predicted octanol–water partition coefficient (Wildman–Crippen LogP) is 11.7. The van der Waals surface area contributed by atoms with Crippen molar-refractivity contribution in [3.8, 4) is 56.4 Å². The summed E-state index contributed by atoms with van der Waals surface area (Å²) in [6.45, 7) is 0. The standard InChI is InChI=1S/C43H27N3S/c1-3-13-28(14-4-1)33-26-30-17-7-8-20-34(30)37(27-33)31-18-11-19-32(25-31)42-44-41(29-15-5-2-6-16-29)45-43(46-42)36-22-12-24-39-40(36)35-21-9-10-23-38(35)47-39/h1-27H. The minimum Gasteiger partial charge on any atom is -0.208 e. The van der Waals surface area contributed by atoms with Crippen molar-refractivity contribution in [2.45, 2.75) is 0 Å². The van der Waals surface area contributed by atoms with Gasteiger partial charge >= 0.3 is 0 Å². The highest BCUT2D eigenvalue weighted by molar-refractivity contribution is 7.25. The SMILES string of the molecule is c1ccc(-c2cc(-c3cccc(-c4nc(-c5ccccc5)nc(-c5cccc6sc7ccccc7c56)n4)c3)c3ccccc3c2)cc1. The summed E-state index contributed by atoms with van der Waals surface area (Å²) in [5.41, 5.74) is 7.59. The first kappa shape index (κ1) is 27.3. The maximum absolute atomic E-state index is 5.18. The number of fused-ring (bicyclic) bond motifs is 4. The van der Waals surface area contributed by atoms with E-state index in [1.54, 1.807) is 11.3 Å². The smallest absolute Gasteiger partial charge is 0.164 e. The summed E-state index contributed by atoms with van der Waals surface area (Å²) in [5.74, 6) is 1.98. The molecule has 2 aromatic heterocycles. The minimum absolute atomic E-state index is 0.649. The average Bonchev–Trinajstić information content (AvgIpc) is 3.54. The van der Waals surface area contributed by atoms with Crippen molar-refractivity contribution < 1.29 is 0 Å². The molecule has 3 nitrogen and oxygen atoms in total. The van der Waals surface area contributed by atoms with Gasteiger partial charge in [0, 0.05) is 36.9 Å². The maximum Gasteiger partial charge on any atom is 0.164 e. The number of aromatic nitrogens is 3. The molecule has 0 bridgehead atoms. The quantitative estimate of drug-likeness (QED) is 0.193. The minimum atomic E-state index is 0.649. The number of rotatable bonds is 5. The zero-order valence-electron chi connectivity index (χ0n) is 25.3. The summed E-state index contributed by atoms with van der Waals surface area (Å²) >= 11 is 1.80. The molecule has 220 valence electrons. The number of benzene rings is 7. The Morgan fingerprint density at radius 1 is 0.340 bits per heavy atom. The number of hydrogen-bond acceptors (Lipinski definition) is 4. The molecule has 0 spiro atoms. The average molecular weight is 618 g/mol. The lowest BCUT2D eigenvalue weighted by molar-refractivity contribution is 1.08. The first-order valence-corrected chi connectivity index (χ1v) is 16.5. The van der Waals surface area contributed by atoms with Gasteiger partial charge in [0.05, 0.1) is 0 Å². The molecule has 0 unspecified atom stereocenters. The van der Waals surface area contributed by atoms with Gasteiger partial charge in [0.15, 0.2) is 17.5 Å². The Kier molecular flexibility index (Phi) is 6.65. The first-order valence-electron chi connectivity index (χ1n) is 15.7. The third-order valence-electron chi connectivity index (χ3n) is 8.71. The van der Waals surface area contributed by atoms with Gasteiger partial charge in [-0.05, 0) is 63.4 Å². The molecule has 0 saturated carbocycles. The van der Waals surface area contributed by atoms with Crippen molar-refractivity contribution in [2.24, 2.45) is 0 Å². The Bertz CT molecular complexity index is 2570. The second-order valence-corrected chi connectivity index (χ2v) is 12.7. The molecule has 0 aliphatic heterocycles. The molecule has 9 aromatic rings. The molecule has 0 aliphatic rings. The predicted molar refractivity (Wildman–Crippen MR) is 197 cm³/mol. The Morgan fingerprint density at radius 2 is 0.936 bits per heavy atom. The fourth-order valence-electron chi connectivity index (χ4n) is 6.48. The van der Waals surface area contributed by atoms with E-state index >= 15 is 0 Å². The first-order chi connectivity index (χ1) is 23.3. The number of hydrogen-bond donors (Lipinski definition) is 0. The van der Waals surface area contributed by atoms with Crippen LogP contribution in [0.15, 0.2) is 164 Å². The van der Waals surface area contributed by atoms with E-state index in [1.165, 1.54) is 47.6 Å². The second kappa shape index (κ2) is 11.4. The molecule has 9 rings (SSSR count). The third-order valence-corrected chi connectivity index (χ3v) is 9.85. The van der Waals surface area contributed by atoms with Crippen molar-refractivity contribution in [3.63, 3.8) is 0 Å². The largest absolute Gasteiger partial charge is 0.208 e. The zero-order chi connectivity index (χ0) is 31.2. The summed E-state index contributed by atoms with van der Waals surface area (Å²) in [6.07, 6.45) is 0. The summed E-state index contributed by atoms with van der Waals surface area (Å²) < 4.78 is 2.48. The third kappa shape index (κ3) is 4.96. The Balaban J connectivity index is 1.25. The van der Waals surface area contributed by atoms with Gasteiger partial charge in [-0.1, -0.05) is 133 Å². The van der Waals surface area contributed by atoms with Gasteiger partial charge < -0.3 is 0 Å². The second-order valence-electron chi connectivity index (χ2n) is 11.6. The summed E-state index contributed by atoms with van der Waals surface area (Å²) in [6, 6.07) is 57.5. The van der Waals surface area contributed by atoms with Crippen LogP contribution in [-0.4, -0.2) is 15.0 Å². The van der Waals surface area contributed by atoms with E-state index in [2.05, 4.69) is 146 Å². The van der Waals surface area contributed by atoms with Crippen LogP contribution < -0.4 is 0 Å². The Morgan fingerprint density at radius 3 is 1.77 bits per heavy atom. The molecule has 0 radical (unpaired) electrons. The van der Waals surface area contributed by atoms with Crippen molar-refractivity contribution >= 4 is 42.3 Å². The molecule has 0 N–H and O–H groups in total. The van der Waals surface area contributed by atoms with Crippen LogP contribution in [0.3, 0.4) is 0 Å². The monoisotopic (exact) mass is 617 g/mol. The fourth-order valence-corrected chi connectivity index (χ4v) is 7.61. The molecule has 0 aliphatic carbocycles. The van der Waals surface area contributed by atoms with Crippen LogP contribution in [0.2, 0.25) is 0 Å². The maximum atomic E-state index is 5.18. The van der Waals surface area contributed by atoms with Crippen LogP contribution in [0.1, 0.15) is 0 Å². The van der Waals surface area contributed by atoms with Crippen molar-refractivity contribution in [1.82, 2.24) is 15.0 Å². The van der Waals surface area contributed by atoms with E-state index in [0.29, 0.717) is 17.5 Å². The molecule has 2 heterocycles. The van der Waals surface area contributed by atoms with Crippen LogP contribution in [0.4, 0.5) is 0 Å². The molecule has 0 fully saturated rings. The molecule has 47 heavy (non-hydrogen) atoms. The Labute approximate surface area is 276 Å². The van der Waals surface area contributed by atoms with Gasteiger partial charge in [0.25, 0.3) is 0 Å². The molecule has 0 atom stereocenters. The zero-order valence-corrected chi connectivity index (χ0v) is 26.2. The van der Waals surface area contributed by atoms with Gasteiger partial charge in [-0.2, -0.15) is 0 Å². The molecule has 0 amide bonds. The lowest BCUT2D eigenvalue weighted by atomic mass is 9.92. The summed E-state index contributed by atoms with van der Waals surface area (Å²) in [5, 5.41) is 4.82. The Hall–Kier alpha value is -5.97. The van der Waals surface area contributed by atoms with E-state index < -0.39 is 0 Å². The van der Waals surface area contributed by atoms with Crippen LogP contribution >= 0.6 is 11.3 Å². The van der Waals surface area contributed by atoms with Crippen LogP contribution in [-0.2, 0) is 0 Å². The van der Waals surface area contributed by atoms with Gasteiger partial charge in [-0.15, -0.1) is 11.3 Å². The molecule has 0 saturated heterocycles. The summed E-state index contributed by atoms with van der Waals surface area (Å²) in [7, 11) is 0. The van der Waals surface area contributed by atoms with Crippen molar-refractivity contribution in [3.05, 3.63) is 164 Å². The van der Waals surface area contributed by atoms with Gasteiger partial charge in [-0.3, -0.25) is 0 Å². The highest BCUT2D eigenvalue weighted by Gasteiger charge is 2.17. The molecule has 4 heteroatoms. The van der Waals surface area contributed by atoms with Gasteiger partial charge in [-0.25, -0.2) is 15.0 Å². The highest BCUT2D eigenvalue weighted by Crippen LogP contribution is 2.40. The van der Waals surface area contributed by atoms with E-state index in [1.807, 2.05) is 18.2 Å². The van der Waals surface area contributed by atoms with E-state index in [4.69, 9.17) is 15.0 Å². The summed E-state index contributed by atoms with van der Waals surface area (Å²) in [4.78, 5) is 15.3. The molecular formula is C43H27N3S. The topological polar surface area (TPSA) is 38.7 Å². The lowest BCUT2D eigenvalue weighted by Gasteiger charge is -2.13. The lowest BCUT2D eigenvalue weighted by Crippen LogP contribution is -2.00. The normalized spacial score (nSPS) is 11.4. The van der Waals surface area contributed by atoms with Crippen molar-refractivity contribution in [2.75, 3.05) is 0 Å². The van der Waals surface area contributed by atoms with E-state index in [9.17, 15) is 0 Å². The van der Waals surface area contributed by atoms with Crippen LogP contribution in [0.25, 0.3) is 87.4 Å².